The van der Waals surface area contributed by atoms with Crippen LogP contribution < -0.4 is 0 Å². The van der Waals surface area contributed by atoms with Gasteiger partial charge in [0.1, 0.15) is 25.0 Å². The van der Waals surface area contributed by atoms with Crippen molar-refractivity contribution in [1.82, 2.24) is 0 Å². The van der Waals surface area contributed by atoms with Crippen LogP contribution in [-0.4, -0.2) is 60.2 Å². The zero-order valence-corrected chi connectivity index (χ0v) is 9.92. The smallest absolute Gasteiger partial charge is 0.337 e. The summed E-state index contributed by atoms with van der Waals surface area (Å²) in [5.41, 5.74) is 0. The third-order valence-corrected chi connectivity index (χ3v) is 2.48. The normalized spacial score (nSPS) is 30.9. The Morgan fingerprint density at radius 1 is 1.47 bits per heavy atom. The van der Waals surface area contributed by atoms with E-state index >= 15 is 0 Å². The standard InChI is InChI=1S/C10H17FO6/c1-10(2)16-5(4-11)8(17-10)6(12)7(13)9(14)15-3/h5-8,12-13H,4H2,1-3H3/t5-,6-,7-,8+/m0/s1. The third-order valence-electron chi connectivity index (χ3n) is 2.48. The minimum absolute atomic E-state index is 0.890. The zero-order valence-electron chi connectivity index (χ0n) is 9.92. The number of rotatable bonds is 4. The van der Waals surface area contributed by atoms with E-state index < -0.39 is 42.8 Å². The molecule has 0 bridgehead atoms. The lowest BCUT2D eigenvalue weighted by atomic mass is 10.0. The Bertz CT molecular complexity index is 282. The highest BCUT2D eigenvalue weighted by Gasteiger charge is 2.48. The summed E-state index contributed by atoms with van der Waals surface area (Å²) >= 11 is 0. The third kappa shape index (κ3) is 3.12. The first-order valence-corrected chi connectivity index (χ1v) is 5.18. The molecule has 0 aromatic carbocycles. The topological polar surface area (TPSA) is 85.2 Å². The highest BCUT2D eigenvalue weighted by atomic mass is 19.1. The van der Waals surface area contributed by atoms with Crippen LogP contribution in [0.25, 0.3) is 0 Å². The molecule has 1 rings (SSSR count). The van der Waals surface area contributed by atoms with Gasteiger partial charge in [0.15, 0.2) is 11.9 Å². The van der Waals surface area contributed by atoms with Gasteiger partial charge in [0.25, 0.3) is 0 Å². The number of ether oxygens (including phenoxy) is 3. The fourth-order valence-corrected chi connectivity index (χ4v) is 1.71. The Kier molecular flexibility index (Phi) is 4.42. The van der Waals surface area contributed by atoms with Crippen LogP contribution >= 0.6 is 0 Å². The lowest BCUT2D eigenvalue weighted by molar-refractivity contribution is -0.175. The number of alkyl halides is 1. The Hall–Kier alpha value is -0.760. The second-order valence-electron chi connectivity index (χ2n) is 4.25. The Balaban J connectivity index is 2.74. The minimum Gasteiger partial charge on any atom is -0.467 e. The second-order valence-corrected chi connectivity index (χ2v) is 4.25. The quantitative estimate of drug-likeness (QED) is 0.648. The maximum atomic E-state index is 12.7. The van der Waals surface area contributed by atoms with E-state index in [-0.39, 0.29) is 0 Å². The highest BCUT2D eigenvalue weighted by molar-refractivity contribution is 5.75. The molecule has 0 aromatic heterocycles. The van der Waals surface area contributed by atoms with Crippen LogP contribution in [0.4, 0.5) is 4.39 Å². The number of esters is 1. The van der Waals surface area contributed by atoms with Crippen molar-refractivity contribution in [2.75, 3.05) is 13.8 Å². The lowest BCUT2D eigenvalue weighted by Crippen LogP contribution is -2.47. The molecule has 0 unspecified atom stereocenters. The second kappa shape index (κ2) is 5.26. The predicted molar refractivity (Wildman–Crippen MR) is 53.8 cm³/mol. The highest BCUT2D eigenvalue weighted by Crippen LogP contribution is 2.31. The van der Waals surface area contributed by atoms with Gasteiger partial charge in [0.05, 0.1) is 7.11 Å². The van der Waals surface area contributed by atoms with Gasteiger partial charge >= 0.3 is 5.97 Å². The summed E-state index contributed by atoms with van der Waals surface area (Å²) in [5, 5.41) is 19.2. The fourth-order valence-electron chi connectivity index (χ4n) is 1.71. The van der Waals surface area contributed by atoms with Gasteiger partial charge in [0.2, 0.25) is 0 Å². The summed E-state index contributed by atoms with van der Waals surface area (Å²) in [7, 11) is 1.07. The van der Waals surface area contributed by atoms with Crippen LogP contribution in [0.3, 0.4) is 0 Å². The maximum absolute atomic E-state index is 12.7. The van der Waals surface area contributed by atoms with Gasteiger partial charge < -0.3 is 24.4 Å². The first-order chi connectivity index (χ1) is 7.82. The summed E-state index contributed by atoms with van der Waals surface area (Å²) in [6, 6.07) is 0. The SMILES string of the molecule is COC(=O)[C@@H](O)[C@H](O)[C@@H]1OC(C)(C)O[C@H]1CF. The molecular weight excluding hydrogens is 235 g/mol. The van der Waals surface area contributed by atoms with Crippen molar-refractivity contribution in [3.8, 4) is 0 Å². The van der Waals surface area contributed by atoms with Gasteiger partial charge in [-0.2, -0.15) is 0 Å². The van der Waals surface area contributed by atoms with E-state index in [9.17, 15) is 19.4 Å². The summed E-state index contributed by atoms with van der Waals surface area (Å²) in [6.45, 7) is 2.21. The number of hydrogen-bond acceptors (Lipinski definition) is 6. The Morgan fingerprint density at radius 3 is 2.53 bits per heavy atom. The molecule has 1 fully saturated rings. The molecule has 6 nitrogen and oxygen atoms in total. The molecule has 0 amide bonds. The number of carbonyl (C=O) groups excluding carboxylic acids is 1. The van der Waals surface area contributed by atoms with Crippen molar-refractivity contribution >= 4 is 5.97 Å². The van der Waals surface area contributed by atoms with Crippen LogP contribution in [-0.2, 0) is 19.0 Å². The van der Waals surface area contributed by atoms with Crippen LogP contribution in [0.1, 0.15) is 13.8 Å². The molecule has 100 valence electrons. The summed E-state index contributed by atoms with van der Waals surface area (Å²) in [5.74, 6) is -2.08. The number of aliphatic hydroxyl groups is 2. The van der Waals surface area contributed by atoms with Crippen molar-refractivity contribution in [1.29, 1.82) is 0 Å². The van der Waals surface area contributed by atoms with Gasteiger partial charge in [-0.1, -0.05) is 0 Å². The molecule has 2 N–H and O–H groups in total. The number of halogens is 1. The lowest BCUT2D eigenvalue weighted by Gasteiger charge is -2.24. The van der Waals surface area contributed by atoms with E-state index in [2.05, 4.69) is 4.74 Å². The van der Waals surface area contributed by atoms with Crippen molar-refractivity contribution in [2.45, 2.75) is 44.1 Å². The van der Waals surface area contributed by atoms with Crippen LogP contribution in [0, 0.1) is 0 Å². The minimum atomic E-state index is -1.79. The Morgan fingerprint density at radius 2 is 2.06 bits per heavy atom. The van der Waals surface area contributed by atoms with Crippen LogP contribution in [0.15, 0.2) is 0 Å². The predicted octanol–water partition coefficient (Wildman–Crippen LogP) is -0.629. The van der Waals surface area contributed by atoms with Crippen LogP contribution in [0.2, 0.25) is 0 Å². The molecule has 1 aliphatic heterocycles. The zero-order chi connectivity index (χ0) is 13.2. The molecule has 0 radical (unpaired) electrons. The molecular formula is C10H17FO6. The molecule has 4 atom stereocenters. The van der Waals surface area contributed by atoms with Gasteiger partial charge in [-0.25, -0.2) is 9.18 Å². The first-order valence-electron chi connectivity index (χ1n) is 5.18. The average molecular weight is 252 g/mol. The molecule has 1 saturated heterocycles. The molecule has 0 aliphatic carbocycles. The molecule has 0 saturated carbocycles. The maximum Gasteiger partial charge on any atom is 0.337 e. The Labute approximate surface area is 98.3 Å². The van der Waals surface area contributed by atoms with Gasteiger partial charge in [0, 0.05) is 0 Å². The van der Waals surface area contributed by atoms with Crippen molar-refractivity contribution in [3.63, 3.8) is 0 Å². The summed E-state index contributed by atoms with van der Waals surface area (Å²) in [4.78, 5) is 11.0. The van der Waals surface area contributed by atoms with E-state index in [0.717, 1.165) is 7.11 Å². The number of carbonyl (C=O) groups is 1. The van der Waals surface area contributed by atoms with Gasteiger partial charge in [-0.3, -0.25) is 0 Å². The largest absolute Gasteiger partial charge is 0.467 e. The monoisotopic (exact) mass is 252 g/mol. The van der Waals surface area contributed by atoms with E-state index in [1.54, 1.807) is 13.8 Å². The fraction of sp³-hybridized carbons (Fsp3) is 0.900. The van der Waals surface area contributed by atoms with E-state index in [0.29, 0.717) is 0 Å². The molecule has 17 heavy (non-hydrogen) atoms. The molecule has 0 aromatic rings. The van der Waals surface area contributed by atoms with Gasteiger partial charge in [-0.15, -0.1) is 0 Å². The van der Waals surface area contributed by atoms with Crippen molar-refractivity contribution < 1.29 is 33.6 Å². The van der Waals surface area contributed by atoms with Crippen LogP contribution in [0.5, 0.6) is 0 Å². The van der Waals surface area contributed by atoms with Crippen molar-refractivity contribution in [2.24, 2.45) is 0 Å². The van der Waals surface area contributed by atoms with E-state index in [4.69, 9.17) is 9.47 Å². The average Bonchev–Trinajstić information content (AvgIpc) is 2.61. The molecule has 0 spiro atoms. The summed E-state index contributed by atoms with van der Waals surface area (Å²) in [6.07, 6.45) is -5.55. The van der Waals surface area contributed by atoms with Gasteiger partial charge in [-0.05, 0) is 13.8 Å². The molecule has 1 aliphatic rings. The number of aliphatic hydroxyl groups excluding tert-OH is 2. The molecule has 1 heterocycles. The van der Waals surface area contributed by atoms with E-state index in [1.165, 1.54) is 0 Å². The summed E-state index contributed by atoms with van der Waals surface area (Å²) < 4.78 is 27.4. The number of hydrogen-bond donors (Lipinski definition) is 2. The molecule has 7 heteroatoms. The first kappa shape index (κ1) is 14.3. The number of methoxy groups -OCH3 is 1. The van der Waals surface area contributed by atoms with E-state index in [1.807, 2.05) is 0 Å². The van der Waals surface area contributed by atoms with Crippen molar-refractivity contribution in [3.05, 3.63) is 0 Å².